The Morgan fingerprint density at radius 2 is 1.81 bits per heavy atom. The van der Waals surface area contributed by atoms with Crippen molar-refractivity contribution in [2.24, 2.45) is 0 Å². The van der Waals surface area contributed by atoms with Crippen molar-refractivity contribution in [2.45, 2.75) is 45.4 Å². The summed E-state index contributed by atoms with van der Waals surface area (Å²) in [7, 11) is 0. The number of nitrogens with one attached hydrogen (secondary N) is 1. The van der Waals surface area contributed by atoms with Gasteiger partial charge in [0, 0.05) is 17.5 Å². The second-order valence-electron chi connectivity index (χ2n) is 5.50. The number of rotatable bonds is 8. The minimum absolute atomic E-state index is 0.702. The molecule has 1 N–H and O–H groups in total. The molecule has 1 aromatic carbocycles. The Kier molecular flexibility index (Phi) is 7.17. The Morgan fingerprint density at radius 3 is 2.57 bits per heavy atom. The van der Waals surface area contributed by atoms with Gasteiger partial charge >= 0.3 is 0 Å². The summed E-state index contributed by atoms with van der Waals surface area (Å²) in [5.41, 5.74) is 1.17. The number of benzene rings is 1. The topological polar surface area (TPSA) is 30.5 Å². The summed E-state index contributed by atoms with van der Waals surface area (Å²) >= 11 is 6.35. The van der Waals surface area contributed by atoms with E-state index in [9.17, 15) is 0 Å². The Morgan fingerprint density at radius 1 is 1.05 bits per heavy atom. The third-order valence-corrected chi connectivity index (χ3v) is 3.99. The number of hydrogen-bond donors (Lipinski definition) is 1. The number of hydrogen-bond acceptors (Lipinski definition) is 3. The normalized spacial score (nSPS) is 14.0. The maximum absolute atomic E-state index is 6.35. The molecule has 2 rings (SSSR count). The predicted octanol–water partition coefficient (Wildman–Crippen LogP) is 4.21. The van der Waals surface area contributed by atoms with Crippen LogP contribution in [0.25, 0.3) is 0 Å². The predicted molar refractivity (Wildman–Crippen MR) is 87.8 cm³/mol. The molecular weight excluding hydrogens is 286 g/mol. The third-order valence-electron chi connectivity index (χ3n) is 3.64. The molecule has 0 saturated carbocycles. The van der Waals surface area contributed by atoms with E-state index in [0.29, 0.717) is 6.61 Å². The zero-order valence-electron chi connectivity index (χ0n) is 12.9. The summed E-state index contributed by atoms with van der Waals surface area (Å²) in [6, 6.07) is 3.96. The van der Waals surface area contributed by atoms with Gasteiger partial charge in [-0.3, -0.25) is 0 Å². The lowest BCUT2D eigenvalue weighted by atomic mass is 10.1. The van der Waals surface area contributed by atoms with Gasteiger partial charge in [-0.15, -0.1) is 0 Å². The highest BCUT2D eigenvalue weighted by Gasteiger charge is 2.13. The monoisotopic (exact) mass is 311 g/mol. The van der Waals surface area contributed by atoms with Crippen molar-refractivity contribution >= 4 is 11.6 Å². The van der Waals surface area contributed by atoms with E-state index < -0.39 is 0 Å². The van der Waals surface area contributed by atoms with Crippen molar-refractivity contribution < 1.29 is 9.47 Å². The Balaban J connectivity index is 1.79. The van der Waals surface area contributed by atoms with Crippen LogP contribution >= 0.6 is 11.6 Å². The molecule has 0 saturated heterocycles. The quantitative estimate of drug-likeness (QED) is 0.729. The fourth-order valence-corrected chi connectivity index (χ4v) is 2.71. The van der Waals surface area contributed by atoms with Gasteiger partial charge in [0.05, 0.1) is 13.2 Å². The summed E-state index contributed by atoms with van der Waals surface area (Å²) in [6.07, 6.45) is 6.74. The minimum atomic E-state index is 0.702. The number of unbranched alkanes of at least 4 members (excludes halogenated alkanes) is 2. The van der Waals surface area contributed by atoms with Gasteiger partial charge in [0.15, 0.2) is 11.5 Å². The van der Waals surface area contributed by atoms with Crippen molar-refractivity contribution in [1.82, 2.24) is 5.32 Å². The largest absolute Gasteiger partial charge is 0.490 e. The first-order valence-electron chi connectivity index (χ1n) is 8.10. The van der Waals surface area contributed by atoms with Gasteiger partial charge in [0.25, 0.3) is 0 Å². The summed E-state index contributed by atoms with van der Waals surface area (Å²) < 4.78 is 11.4. The first-order chi connectivity index (χ1) is 10.3. The van der Waals surface area contributed by atoms with Gasteiger partial charge in [-0.1, -0.05) is 24.9 Å². The molecule has 0 atom stereocenters. The summed E-state index contributed by atoms with van der Waals surface area (Å²) in [6.45, 7) is 5.85. The number of halogens is 1. The van der Waals surface area contributed by atoms with Crippen molar-refractivity contribution in [2.75, 3.05) is 26.3 Å². The highest BCUT2D eigenvalue weighted by Crippen LogP contribution is 2.35. The fourth-order valence-electron chi connectivity index (χ4n) is 2.46. The lowest BCUT2D eigenvalue weighted by Gasteiger charge is -2.11. The molecule has 0 amide bonds. The molecule has 1 heterocycles. The molecule has 3 nitrogen and oxygen atoms in total. The first-order valence-corrected chi connectivity index (χ1v) is 8.48. The summed E-state index contributed by atoms with van der Waals surface area (Å²) in [4.78, 5) is 0. The van der Waals surface area contributed by atoms with Gasteiger partial charge in [0.2, 0.25) is 0 Å². The fraction of sp³-hybridized carbons (Fsp3) is 0.647. The SMILES string of the molecule is CCCNCCCCCc1cc2c(cc1Cl)OCCCO2. The highest BCUT2D eigenvalue weighted by molar-refractivity contribution is 6.31. The van der Waals surface area contributed by atoms with Crippen LogP contribution in [-0.2, 0) is 6.42 Å². The molecule has 0 spiro atoms. The Labute approximate surface area is 133 Å². The molecule has 1 aromatic rings. The number of ether oxygens (including phenoxy) is 2. The van der Waals surface area contributed by atoms with Crippen LogP contribution in [0.15, 0.2) is 12.1 Å². The third kappa shape index (κ3) is 5.40. The zero-order chi connectivity index (χ0) is 14.9. The molecule has 0 aliphatic carbocycles. The van der Waals surface area contributed by atoms with Gasteiger partial charge in [0.1, 0.15) is 0 Å². The molecule has 1 aliphatic rings. The molecule has 0 aromatic heterocycles. The molecule has 118 valence electrons. The maximum Gasteiger partial charge on any atom is 0.162 e. The zero-order valence-corrected chi connectivity index (χ0v) is 13.7. The minimum Gasteiger partial charge on any atom is -0.490 e. The van der Waals surface area contributed by atoms with Gasteiger partial charge < -0.3 is 14.8 Å². The molecule has 21 heavy (non-hydrogen) atoms. The van der Waals surface area contributed by atoms with Crippen molar-refractivity contribution in [3.05, 3.63) is 22.7 Å². The second-order valence-corrected chi connectivity index (χ2v) is 5.91. The van der Waals surface area contributed by atoms with E-state index in [1.165, 1.54) is 24.8 Å². The lowest BCUT2D eigenvalue weighted by molar-refractivity contribution is 0.297. The lowest BCUT2D eigenvalue weighted by Crippen LogP contribution is -2.15. The molecule has 0 unspecified atom stereocenters. The molecule has 0 bridgehead atoms. The number of aryl methyl sites for hydroxylation is 1. The van der Waals surface area contributed by atoms with E-state index in [2.05, 4.69) is 18.3 Å². The molecule has 0 radical (unpaired) electrons. The average Bonchev–Trinajstić information content (AvgIpc) is 2.71. The molecule has 1 aliphatic heterocycles. The molecule has 0 fully saturated rings. The molecule has 4 heteroatoms. The number of fused-ring (bicyclic) bond motifs is 1. The van der Waals surface area contributed by atoms with Crippen LogP contribution in [0.3, 0.4) is 0 Å². The Bertz CT molecular complexity index is 437. The molecular formula is C17H26ClNO2. The highest BCUT2D eigenvalue weighted by atomic mass is 35.5. The van der Waals surface area contributed by atoms with Crippen LogP contribution in [0.2, 0.25) is 5.02 Å². The smallest absolute Gasteiger partial charge is 0.162 e. The van der Waals surface area contributed by atoms with Crippen molar-refractivity contribution in [3.8, 4) is 11.5 Å². The van der Waals surface area contributed by atoms with Crippen LogP contribution in [0, 0.1) is 0 Å². The van der Waals surface area contributed by atoms with Crippen molar-refractivity contribution in [1.29, 1.82) is 0 Å². The average molecular weight is 312 g/mol. The van der Waals surface area contributed by atoms with Crippen LogP contribution in [0.5, 0.6) is 11.5 Å². The first kappa shape index (κ1) is 16.4. The van der Waals surface area contributed by atoms with Gasteiger partial charge in [-0.05, 0) is 50.4 Å². The van der Waals surface area contributed by atoms with Crippen molar-refractivity contribution in [3.63, 3.8) is 0 Å². The van der Waals surface area contributed by atoms with E-state index >= 15 is 0 Å². The Hall–Kier alpha value is -0.930. The van der Waals surface area contributed by atoms with E-state index in [1.54, 1.807) is 0 Å². The van der Waals surface area contributed by atoms with Gasteiger partial charge in [-0.25, -0.2) is 0 Å². The van der Waals surface area contributed by atoms with Crippen LogP contribution in [-0.4, -0.2) is 26.3 Å². The second kappa shape index (κ2) is 9.16. The van der Waals surface area contributed by atoms with Gasteiger partial charge in [-0.2, -0.15) is 0 Å². The van der Waals surface area contributed by atoms with E-state index in [-0.39, 0.29) is 0 Å². The summed E-state index contributed by atoms with van der Waals surface area (Å²) in [5.74, 6) is 1.63. The summed E-state index contributed by atoms with van der Waals surface area (Å²) in [5, 5.41) is 4.23. The van der Waals surface area contributed by atoms with Crippen LogP contribution < -0.4 is 14.8 Å². The van der Waals surface area contributed by atoms with Crippen LogP contribution in [0.1, 0.15) is 44.6 Å². The maximum atomic E-state index is 6.35. The standard InChI is InChI=1S/C17H26ClNO2/c1-2-8-19-9-5-3-4-7-14-12-16-17(13-15(14)18)21-11-6-10-20-16/h12-13,19H,2-11H2,1H3. The van der Waals surface area contributed by atoms with E-state index in [4.69, 9.17) is 21.1 Å². The van der Waals surface area contributed by atoms with E-state index in [0.717, 1.165) is 55.5 Å². The van der Waals surface area contributed by atoms with Crippen LogP contribution in [0.4, 0.5) is 0 Å². The van der Waals surface area contributed by atoms with E-state index in [1.807, 2.05) is 6.07 Å².